The molecule has 0 aromatic heterocycles. The van der Waals surface area contributed by atoms with Gasteiger partial charge in [0.15, 0.2) is 0 Å². The van der Waals surface area contributed by atoms with Gasteiger partial charge in [-0.3, -0.25) is 0 Å². The van der Waals surface area contributed by atoms with Crippen molar-refractivity contribution in [2.45, 2.75) is 24.8 Å². The molecule has 0 aliphatic heterocycles. The quantitative estimate of drug-likeness (QED) is 0.114. The van der Waals surface area contributed by atoms with Crippen LogP contribution in [-0.4, -0.2) is 24.4 Å². The van der Waals surface area contributed by atoms with Crippen LogP contribution < -0.4 is 10.2 Å². The van der Waals surface area contributed by atoms with Crippen LogP contribution in [0.3, 0.4) is 0 Å². The highest BCUT2D eigenvalue weighted by Crippen LogP contribution is 2.45. The lowest BCUT2D eigenvalue weighted by atomic mass is 10.2. The van der Waals surface area contributed by atoms with Crippen molar-refractivity contribution in [1.29, 1.82) is 0 Å². The highest BCUT2D eigenvalue weighted by atomic mass is 127. The Morgan fingerprint density at radius 2 is 1.70 bits per heavy atom. The summed E-state index contributed by atoms with van der Waals surface area (Å²) in [6.45, 7) is 0.0354. The van der Waals surface area contributed by atoms with Crippen LogP contribution in [0.4, 0.5) is 30.7 Å². The second-order valence-corrected chi connectivity index (χ2v) is 8.59. The topological polar surface area (TPSA) is 33.6 Å². The largest absolute Gasteiger partial charge is 0.487 e. The first-order chi connectivity index (χ1) is 13.7. The van der Waals surface area contributed by atoms with Gasteiger partial charge >= 0.3 is 18.1 Å². The average molecular weight is 681 g/mol. The van der Waals surface area contributed by atoms with E-state index in [0.717, 1.165) is 0 Å². The molecule has 0 aliphatic carbocycles. The molecule has 0 spiro atoms. The highest BCUT2D eigenvalue weighted by molar-refractivity contribution is 14.1. The Kier molecular flexibility index (Phi) is 8.10. The molecule has 0 atom stereocenters. The highest BCUT2D eigenvalue weighted by Gasteiger charge is 2.73. The van der Waals surface area contributed by atoms with Crippen molar-refractivity contribution in [2.75, 3.05) is 0 Å². The Morgan fingerprint density at radius 1 is 1.03 bits per heavy atom. The molecular weight excluding hydrogens is 670 g/mol. The molecule has 0 saturated carbocycles. The number of hydrogen-bond donors (Lipinski definition) is 1. The van der Waals surface area contributed by atoms with Crippen LogP contribution in [0.5, 0.6) is 5.75 Å². The maximum absolute atomic E-state index is 13.3. The van der Waals surface area contributed by atoms with Crippen molar-refractivity contribution in [3.8, 4) is 5.75 Å². The fraction of sp³-hybridized carbons (Fsp3) is 0.235. The van der Waals surface area contributed by atoms with Gasteiger partial charge in [0.25, 0.3) is 0 Å². The molecule has 0 bridgehead atoms. The summed E-state index contributed by atoms with van der Waals surface area (Å²) in [6.07, 6.45) is -5.78. The first-order valence-electron chi connectivity index (χ1n) is 7.73. The van der Waals surface area contributed by atoms with Crippen molar-refractivity contribution in [2.24, 2.45) is 5.10 Å². The number of hydrazone groups is 1. The van der Waals surface area contributed by atoms with E-state index in [-0.39, 0.29) is 17.9 Å². The number of rotatable bonds is 7. The zero-order valence-corrected chi connectivity index (χ0v) is 19.5. The molecule has 0 saturated heterocycles. The maximum atomic E-state index is 13.3. The standard InChI is InChI=1S/C17H10ClF7I2N2O/c18-11-3-1-2-9(4-11)8-30-14-10(5-12(26)6-13(14)27)7-28-29-17(24,25)15(19,20)16(21,22)23/h1-7,29H,8H2/b28-7-. The van der Waals surface area contributed by atoms with Crippen LogP contribution in [0, 0.1) is 7.14 Å². The Bertz CT molecular complexity index is 939. The molecule has 0 fully saturated rings. The number of benzene rings is 2. The molecule has 1 N–H and O–H groups in total. The smallest absolute Gasteiger partial charge is 0.462 e. The number of alkyl halides is 7. The molecule has 30 heavy (non-hydrogen) atoms. The van der Waals surface area contributed by atoms with E-state index in [1.54, 1.807) is 30.3 Å². The number of hydrogen-bond acceptors (Lipinski definition) is 3. The minimum Gasteiger partial charge on any atom is -0.487 e. The summed E-state index contributed by atoms with van der Waals surface area (Å²) < 4.78 is 95.9. The summed E-state index contributed by atoms with van der Waals surface area (Å²) in [5, 5.41) is 3.36. The normalized spacial score (nSPS) is 13.0. The molecule has 2 aromatic rings. The summed E-state index contributed by atoms with van der Waals surface area (Å²) in [6, 6.07) is 4.16. The van der Waals surface area contributed by atoms with E-state index in [1.807, 2.05) is 45.2 Å². The number of nitrogens with zero attached hydrogens (tertiary/aromatic N) is 1. The number of halogens is 10. The number of ether oxygens (including phenoxy) is 1. The lowest BCUT2D eigenvalue weighted by Crippen LogP contribution is -2.58. The SMILES string of the molecule is FC(F)(F)C(F)(F)C(F)(F)N/N=C\c1cc(I)cc(I)c1OCc1cccc(Cl)c1. The summed E-state index contributed by atoms with van der Waals surface area (Å²) in [4.78, 5) is 0. The molecular formula is C17H10ClF7I2N2O. The average Bonchev–Trinajstić information content (AvgIpc) is 2.59. The van der Waals surface area contributed by atoms with Crippen LogP contribution in [0.25, 0.3) is 0 Å². The molecule has 0 radical (unpaired) electrons. The predicted molar refractivity (Wildman–Crippen MR) is 114 cm³/mol. The van der Waals surface area contributed by atoms with Gasteiger partial charge in [0, 0.05) is 14.2 Å². The van der Waals surface area contributed by atoms with E-state index in [0.29, 0.717) is 29.4 Å². The van der Waals surface area contributed by atoms with Gasteiger partial charge in [-0.05, 0) is 75.0 Å². The van der Waals surface area contributed by atoms with Gasteiger partial charge in [-0.2, -0.15) is 35.8 Å². The minimum atomic E-state index is -6.46. The zero-order valence-electron chi connectivity index (χ0n) is 14.4. The van der Waals surface area contributed by atoms with E-state index >= 15 is 0 Å². The maximum Gasteiger partial charge on any atom is 0.462 e. The van der Waals surface area contributed by atoms with E-state index < -0.39 is 18.1 Å². The second kappa shape index (κ2) is 9.63. The van der Waals surface area contributed by atoms with Crippen LogP contribution in [0.2, 0.25) is 5.02 Å². The van der Waals surface area contributed by atoms with E-state index in [4.69, 9.17) is 16.3 Å². The molecule has 2 aromatic carbocycles. The van der Waals surface area contributed by atoms with Crippen molar-refractivity contribution in [3.63, 3.8) is 0 Å². The van der Waals surface area contributed by atoms with Crippen molar-refractivity contribution < 1.29 is 35.5 Å². The monoisotopic (exact) mass is 680 g/mol. The lowest BCUT2D eigenvalue weighted by Gasteiger charge is -2.27. The van der Waals surface area contributed by atoms with Crippen molar-refractivity contribution >= 4 is 63.0 Å². The third-order valence-corrected chi connectivity index (χ3v) is 5.13. The Labute approximate surface area is 198 Å². The fourth-order valence-electron chi connectivity index (χ4n) is 2.04. The molecule has 13 heteroatoms. The molecule has 0 aliphatic rings. The van der Waals surface area contributed by atoms with Crippen LogP contribution in [-0.2, 0) is 6.61 Å². The molecule has 3 nitrogen and oxygen atoms in total. The van der Waals surface area contributed by atoms with Gasteiger partial charge in [-0.1, -0.05) is 23.7 Å². The van der Waals surface area contributed by atoms with Crippen LogP contribution in [0.1, 0.15) is 11.1 Å². The minimum absolute atomic E-state index is 0.0354. The summed E-state index contributed by atoms with van der Waals surface area (Å²) >= 11 is 9.69. The van der Waals surface area contributed by atoms with Gasteiger partial charge in [0.2, 0.25) is 0 Å². The zero-order chi connectivity index (χ0) is 22.7. The van der Waals surface area contributed by atoms with Gasteiger partial charge in [-0.15, -0.1) is 0 Å². The Balaban J connectivity index is 2.24. The van der Waals surface area contributed by atoms with Gasteiger partial charge in [-0.25, -0.2) is 5.43 Å². The van der Waals surface area contributed by atoms with Crippen molar-refractivity contribution in [3.05, 3.63) is 59.7 Å². The predicted octanol–water partition coefficient (Wildman–Crippen LogP) is 6.84. The van der Waals surface area contributed by atoms with E-state index in [2.05, 4.69) is 5.10 Å². The van der Waals surface area contributed by atoms with Crippen LogP contribution >= 0.6 is 56.8 Å². The molecule has 0 heterocycles. The molecule has 0 amide bonds. The third-order valence-electron chi connectivity index (χ3n) is 3.47. The summed E-state index contributed by atoms with van der Waals surface area (Å²) in [5.41, 5.74) is 1.37. The lowest BCUT2D eigenvalue weighted by molar-refractivity contribution is -0.361. The van der Waals surface area contributed by atoms with Gasteiger partial charge in [0.1, 0.15) is 12.4 Å². The Morgan fingerprint density at radius 3 is 2.30 bits per heavy atom. The third kappa shape index (κ3) is 6.02. The van der Waals surface area contributed by atoms with Crippen molar-refractivity contribution in [1.82, 2.24) is 5.43 Å². The first kappa shape index (κ1) is 25.2. The number of nitrogens with one attached hydrogen (secondary N) is 1. The van der Waals surface area contributed by atoms with E-state index in [9.17, 15) is 30.7 Å². The van der Waals surface area contributed by atoms with E-state index in [1.165, 1.54) is 6.07 Å². The fourth-order valence-corrected chi connectivity index (χ4v) is 4.30. The molecule has 2 rings (SSSR count). The molecule has 164 valence electrons. The van der Waals surface area contributed by atoms with Gasteiger partial charge in [0.05, 0.1) is 9.78 Å². The Hall–Kier alpha value is -1.03. The summed E-state index contributed by atoms with van der Waals surface area (Å²) in [7, 11) is 0. The second-order valence-electron chi connectivity index (χ2n) is 5.74. The van der Waals surface area contributed by atoms with Crippen LogP contribution in [0.15, 0.2) is 41.5 Å². The first-order valence-corrected chi connectivity index (χ1v) is 10.3. The van der Waals surface area contributed by atoms with Gasteiger partial charge < -0.3 is 4.74 Å². The molecule has 0 unspecified atom stereocenters. The summed E-state index contributed by atoms with van der Waals surface area (Å²) in [5.74, 6) is -6.14.